The van der Waals surface area contributed by atoms with E-state index >= 15 is 0 Å². The molecule has 0 radical (unpaired) electrons. The normalized spacial score (nSPS) is 21.0. The van der Waals surface area contributed by atoms with Gasteiger partial charge in [-0.15, -0.1) is 0 Å². The Balaban J connectivity index is 1.62. The van der Waals surface area contributed by atoms with Gasteiger partial charge in [0.05, 0.1) is 26.3 Å². The molecule has 2 fully saturated rings. The first-order valence-electron chi connectivity index (χ1n) is 7.95. The third-order valence-corrected chi connectivity index (χ3v) is 4.61. The molecule has 0 N–H and O–H groups in total. The van der Waals surface area contributed by atoms with E-state index in [1.165, 1.54) is 7.11 Å². The largest absolute Gasteiger partial charge is 0.379 e. The Morgan fingerprint density at radius 2 is 2.09 bits per heavy atom. The molecule has 0 saturated carbocycles. The van der Waals surface area contributed by atoms with Gasteiger partial charge in [-0.2, -0.15) is 0 Å². The number of amides is 1. The number of alkyl halides is 1. The quantitative estimate of drug-likeness (QED) is 0.820. The minimum Gasteiger partial charge on any atom is -0.379 e. The van der Waals surface area contributed by atoms with Crippen molar-refractivity contribution >= 4 is 5.91 Å². The SMILES string of the molecule is COC1(CF)CN(C(=O)c2cccc(CN3CCOCC3)c2)C1. The second-order valence-electron chi connectivity index (χ2n) is 6.27. The van der Waals surface area contributed by atoms with Gasteiger partial charge in [0, 0.05) is 32.3 Å². The van der Waals surface area contributed by atoms with Gasteiger partial charge in [0.25, 0.3) is 5.91 Å². The van der Waals surface area contributed by atoms with Crippen molar-refractivity contribution in [3.05, 3.63) is 35.4 Å². The molecule has 2 saturated heterocycles. The Labute approximate surface area is 136 Å². The van der Waals surface area contributed by atoms with Gasteiger partial charge in [0.2, 0.25) is 0 Å². The second kappa shape index (κ2) is 6.95. The second-order valence-corrected chi connectivity index (χ2v) is 6.27. The van der Waals surface area contributed by atoms with Crippen molar-refractivity contribution in [1.82, 2.24) is 9.80 Å². The van der Waals surface area contributed by atoms with Crippen molar-refractivity contribution in [2.75, 3.05) is 53.2 Å². The summed E-state index contributed by atoms with van der Waals surface area (Å²) >= 11 is 0. The summed E-state index contributed by atoms with van der Waals surface area (Å²) < 4.78 is 23.5. The molecule has 0 aliphatic carbocycles. The summed E-state index contributed by atoms with van der Waals surface area (Å²) in [6.45, 7) is 4.22. The summed E-state index contributed by atoms with van der Waals surface area (Å²) in [5, 5.41) is 0. The molecule has 2 aliphatic heterocycles. The lowest BCUT2D eigenvalue weighted by atomic mass is 9.94. The van der Waals surface area contributed by atoms with E-state index < -0.39 is 12.3 Å². The van der Waals surface area contributed by atoms with Gasteiger partial charge in [-0.3, -0.25) is 9.69 Å². The molecular formula is C17H23FN2O3. The summed E-state index contributed by atoms with van der Waals surface area (Å²) in [6, 6.07) is 7.68. The van der Waals surface area contributed by atoms with Crippen LogP contribution in [-0.2, 0) is 16.0 Å². The molecule has 2 heterocycles. The Hall–Kier alpha value is -1.50. The molecule has 0 atom stereocenters. The summed E-state index contributed by atoms with van der Waals surface area (Å²) in [6.07, 6.45) is 0. The van der Waals surface area contributed by atoms with Gasteiger partial charge < -0.3 is 14.4 Å². The Morgan fingerprint density at radius 1 is 1.35 bits per heavy atom. The Kier molecular flexibility index (Phi) is 4.94. The lowest BCUT2D eigenvalue weighted by molar-refractivity contribution is -0.119. The number of ether oxygens (including phenoxy) is 2. The monoisotopic (exact) mass is 322 g/mol. The number of hydrogen-bond acceptors (Lipinski definition) is 4. The molecule has 23 heavy (non-hydrogen) atoms. The number of morpholine rings is 1. The maximum absolute atomic E-state index is 13.0. The van der Waals surface area contributed by atoms with E-state index in [4.69, 9.17) is 9.47 Å². The number of carbonyl (C=O) groups is 1. The van der Waals surface area contributed by atoms with Gasteiger partial charge in [-0.05, 0) is 17.7 Å². The van der Waals surface area contributed by atoms with Gasteiger partial charge in [0.15, 0.2) is 0 Å². The molecule has 1 aromatic rings. The highest BCUT2D eigenvalue weighted by atomic mass is 19.1. The highest BCUT2D eigenvalue weighted by molar-refractivity contribution is 5.95. The Morgan fingerprint density at radius 3 is 2.74 bits per heavy atom. The average Bonchev–Trinajstić information content (AvgIpc) is 2.56. The maximum atomic E-state index is 13.0. The lowest BCUT2D eigenvalue weighted by Crippen LogP contribution is -2.65. The van der Waals surface area contributed by atoms with Crippen LogP contribution in [0.3, 0.4) is 0 Å². The third kappa shape index (κ3) is 3.54. The van der Waals surface area contributed by atoms with Crippen LogP contribution in [0.4, 0.5) is 4.39 Å². The molecule has 6 heteroatoms. The fraction of sp³-hybridized carbons (Fsp3) is 0.588. The maximum Gasteiger partial charge on any atom is 0.254 e. The molecule has 3 rings (SSSR count). The van der Waals surface area contributed by atoms with Crippen molar-refractivity contribution in [1.29, 1.82) is 0 Å². The molecule has 1 amide bonds. The van der Waals surface area contributed by atoms with Gasteiger partial charge >= 0.3 is 0 Å². The van der Waals surface area contributed by atoms with Crippen LogP contribution in [0.25, 0.3) is 0 Å². The van der Waals surface area contributed by atoms with E-state index in [0.29, 0.717) is 18.7 Å². The highest BCUT2D eigenvalue weighted by Gasteiger charge is 2.46. The summed E-state index contributed by atoms with van der Waals surface area (Å²) in [7, 11) is 1.49. The molecule has 0 bridgehead atoms. The lowest BCUT2D eigenvalue weighted by Gasteiger charge is -2.47. The standard InChI is InChI=1S/C17H23FN2O3/c1-22-17(11-18)12-20(13-17)16(21)15-4-2-3-14(9-15)10-19-5-7-23-8-6-19/h2-4,9H,5-8,10-13H2,1H3. The fourth-order valence-electron chi connectivity index (χ4n) is 3.06. The number of likely N-dealkylation sites (tertiary alicyclic amines) is 1. The third-order valence-electron chi connectivity index (χ3n) is 4.61. The first-order valence-corrected chi connectivity index (χ1v) is 7.95. The summed E-state index contributed by atoms with van der Waals surface area (Å²) in [5.74, 6) is -0.0602. The first kappa shape index (κ1) is 16.4. The number of halogens is 1. The van der Waals surface area contributed by atoms with Crippen molar-refractivity contribution in [3.8, 4) is 0 Å². The Bertz CT molecular complexity index is 549. The molecule has 1 aromatic carbocycles. The number of carbonyl (C=O) groups excluding carboxylic acids is 1. The van der Waals surface area contributed by atoms with E-state index in [1.54, 1.807) is 4.90 Å². The van der Waals surface area contributed by atoms with Crippen molar-refractivity contribution in [2.24, 2.45) is 0 Å². The summed E-state index contributed by atoms with van der Waals surface area (Å²) in [5.41, 5.74) is 0.960. The van der Waals surface area contributed by atoms with Crippen LogP contribution in [0, 0.1) is 0 Å². The molecule has 5 nitrogen and oxygen atoms in total. The number of rotatable bonds is 5. The van der Waals surface area contributed by atoms with Crippen molar-refractivity contribution in [3.63, 3.8) is 0 Å². The predicted molar refractivity (Wildman–Crippen MR) is 84.2 cm³/mol. The van der Waals surface area contributed by atoms with E-state index in [0.717, 1.165) is 38.4 Å². The smallest absolute Gasteiger partial charge is 0.254 e. The van der Waals surface area contributed by atoms with Crippen LogP contribution < -0.4 is 0 Å². The fourth-order valence-corrected chi connectivity index (χ4v) is 3.06. The molecular weight excluding hydrogens is 299 g/mol. The van der Waals surface area contributed by atoms with E-state index in [-0.39, 0.29) is 5.91 Å². The van der Waals surface area contributed by atoms with Gasteiger partial charge in [-0.25, -0.2) is 4.39 Å². The van der Waals surface area contributed by atoms with Gasteiger partial charge in [-0.1, -0.05) is 12.1 Å². The summed E-state index contributed by atoms with van der Waals surface area (Å²) in [4.78, 5) is 16.5. The molecule has 0 spiro atoms. The van der Waals surface area contributed by atoms with Crippen LogP contribution in [0.1, 0.15) is 15.9 Å². The zero-order valence-electron chi connectivity index (χ0n) is 13.5. The molecule has 2 aliphatic rings. The minimum atomic E-state index is -0.804. The average molecular weight is 322 g/mol. The number of methoxy groups -OCH3 is 1. The molecule has 0 aromatic heterocycles. The van der Waals surface area contributed by atoms with E-state index in [2.05, 4.69) is 4.90 Å². The number of nitrogens with zero attached hydrogens (tertiary/aromatic N) is 2. The predicted octanol–water partition coefficient (Wildman–Crippen LogP) is 1.33. The zero-order valence-corrected chi connectivity index (χ0v) is 13.5. The van der Waals surface area contributed by atoms with Gasteiger partial charge in [0.1, 0.15) is 12.3 Å². The van der Waals surface area contributed by atoms with Crippen molar-refractivity contribution in [2.45, 2.75) is 12.1 Å². The molecule has 126 valence electrons. The van der Waals surface area contributed by atoms with Crippen LogP contribution in [0.15, 0.2) is 24.3 Å². The topological polar surface area (TPSA) is 42.0 Å². The number of hydrogen-bond donors (Lipinski definition) is 0. The van der Waals surface area contributed by atoms with Crippen LogP contribution >= 0.6 is 0 Å². The van der Waals surface area contributed by atoms with Crippen LogP contribution in [0.5, 0.6) is 0 Å². The zero-order chi connectivity index (χ0) is 16.3. The van der Waals surface area contributed by atoms with E-state index in [9.17, 15) is 9.18 Å². The minimum absolute atomic E-state index is 0.0602. The van der Waals surface area contributed by atoms with E-state index in [1.807, 2.05) is 24.3 Å². The first-order chi connectivity index (χ1) is 11.2. The highest BCUT2D eigenvalue weighted by Crippen LogP contribution is 2.27. The molecule has 0 unspecified atom stereocenters. The van der Waals surface area contributed by atoms with Crippen LogP contribution in [-0.4, -0.2) is 74.5 Å². The van der Waals surface area contributed by atoms with Crippen molar-refractivity contribution < 1.29 is 18.7 Å². The number of benzene rings is 1. The van der Waals surface area contributed by atoms with Crippen LogP contribution in [0.2, 0.25) is 0 Å².